The van der Waals surface area contributed by atoms with Gasteiger partial charge in [-0.25, -0.2) is 0 Å². The third-order valence-corrected chi connectivity index (χ3v) is 3.67. The number of methoxy groups -OCH3 is 1. The van der Waals surface area contributed by atoms with Crippen LogP contribution in [0, 0.1) is 17.8 Å². The molecule has 2 nitrogen and oxygen atoms in total. The van der Waals surface area contributed by atoms with Gasteiger partial charge >= 0.3 is 0 Å². The van der Waals surface area contributed by atoms with Crippen molar-refractivity contribution < 1.29 is 4.74 Å². The molecule has 0 radical (unpaired) electrons. The summed E-state index contributed by atoms with van der Waals surface area (Å²) >= 11 is 0. The fourth-order valence-corrected chi connectivity index (χ4v) is 3.10. The van der Waals surface area contributed by atoms with Gasteiger partial charge in [-0.2, -0.15) is 0 Å². The Balaban J connectivity index is 1.77. The van der Waals surface area contributed by atoms with Gasteiger partial charge in [-0.1, -0.05) is 6.92 Å². The van der Waals surface area contributed by atoms with E-state index >= 15 is 0 Å². The molecule has 2 fully saturated rings. The summed E-state index contributed by atoms with van der Waals surface area (Å²) in [7, 11) is 1.79. The van der Waals surface area contributed by atoms with Crippen molar-refractivity contribution in [2.24, 2.45) is 17.8 Å². The van der Waals surface area contributed by atoms with E-state index < -0.39 is 0 Å². The van der Waals surface area contributed by atoms with Crippen LogP contribution in [-0.4, -0.2) is 38.3 Å². The van der Waals surface area contributed by atoms with Gasteiger partial charge < -0.3 is 9.64 Å². The Kier molecular flexibility index (Phi) is 2.89. The quantitative estimate of drug-likeness (QED) is 0.659. The van der Waals surface area contributed by atoms with Crippen LogP contribution in [0.1, 0.15) is 19.8 Å². The lowest BCUT2D eigenvalue weighted by Crippen LogP contribution is -2.26. The van der Waals surface area contributed by atoms with E-state index in [4.69, 9.17) is 4.74 Å². The second kappa shape index (κ2) is 3.97. The number of ether oxygens (including phenoxy) is 1. The third kappa shape index (κ3) is 2.05. The zero-order valence-corrected chi connectivity index (χ0v) is 8.83. The summed E-state index contributed by atoms with van der Waals surface area (Å²) in [5, 5.41) is 0. The second-order valence-corrected chi connectivity index (χ2v) is 4.85. The van der Waals surface area contributed by atoms with E-state index in [9.17, 15) is 0 Å². The van der Waals surface area contributed by atoms with Crippen LogP contribution in [0.25, 0.3) is 0 Å². The summed E-state index contributed by atoms with van der Waals surface area (Å²) in [6.07, 6.45) is 2.93. The van der Waals surface area contributed by atoms with E-state index in [1.807, 2.05) is 0 Å². The minimum atomic E-state index is 0.898. The number of rotatable bonds is 3. The summed E-state index contributed by atoms with van der Waals surface area (Å²) in [6.45, 7) is 7.10. The minimum absolute atomic E-state index is 0.898. The molecular formula is C11H21NO. The van der Waals surface area contributed by atoms with Crippen LogP contribution in [0.5, 0.6) is 0 Å². The van der Waals surface area contributed by atoms with Crippen molar-refractivity contribution in [2.75, 3.05) is 33.4 Å². The van der Waals surface area contributed by atoms with E-state index in [2.05, 4.69) is 11.8 Å². The monoisotopic (exact) mass is 183 g/mol. The Morgan fingerprint density at radius 2 is 1.85 bits per heavy atom. The average molecular weight is 183 g/mol. The molecule has 0 aromatic carbocycles. The van der Waals surface area contributed by atoms with Crippen LogP contribution in [0.4, 0.5) is 0 Å². The maximum absolute atomic E-state index is 5.11. The molecule has 0 bridgehead atoms. The predicted octanol–water partition coefficient (Wildman–Crippen LogP) is 1.61. The van der Waals surface area contributed by atoms with E-state index in [0.29, 0.717) is 0 Å². The molecule has 76 valence electrons. The van der Waals surface area contributed by atoms with Crippen molar-refractivity contribution in [3.63, 3.8) is 0 Å². The van der Waals surface area contributed by atoms with Gasteiger partial charge in [0, 0.05) is 26.7 Å². The van der Waals surface area contributed by atoms with Crippen molar-refractivity contribution >= 4 is 0 Å². The Labute approximate surface area is 81.3 Å². The van der Waals surface area contributed by atoms with Crippen molar-refractivity contribution in [3.8, 4) is 0 Å². The van der Waals surface area contributed by atoms with Crippen molar-refractivity contribution in [3.05, 3.63) is 0 Å². The Morgan fingerprint density at radius 3 is 2.38 bits per heavy atom. The molecule has 2 aliphatic rings. The lowest BCUT2D eigenvalue weighted by Gasteiger charge is -2.16. The molecule has 3 atom stereocenters. The molecule has 0 amide bonds. The van der Waals surface area contributed by atoms with Crippen molar-refractivity contribution in [1.29, 1.82) is 0 Å². The van der Waals surface area contributed by atoms with Crippen LogP contribution in [0.3, 0.4) is 0 Å². The van der Waals surface area contributed by atoms with E-state index in [0.717, 1.165) is 30.9 Å². The smallest absolute Gasteiger partial charge is 0.0589 e. The molecule has 1 saturated heterocycles. The van der Waals surface area contributed by atoms with Crippen LogP contribution in [-0.2, 0) is 4.74 Å². The summed E-state index contributed by atoms with van der Waals surface area (Å²) < 4.78 is 5.11. The molecule has 13 heavy (non-hydrogen) atoms. The standard InChI is InChI=1S/C11H21NO/c1-9-5-10-7-12(3-4-13-2)8-11(10)6-9/h9-11H,3-8H2,1-2H3/t9-,10-,11+. The minimum Gasteiger partial charge on any atom is -0.383 e. The molecule has 1 heterocycles. The fraction of sp³-hybridized carbons (Fsp3) is 1.00. The molecular weight excluding hydrogens is 162 g/mol. The summed E-state index contributed by atoms with van der Waals surface area (Å²) in [4.78, 5) is 2.57. The first kappa shape index (κ1) is 9.47. The van der Waals surface area contributed by atoms with E-state index in [1.165, 1.54) is 25.9 Å². The highest BCUT2D eigenvalue weighted by Crippen LogP contribution is 2.40. The van der Waals surface area contributed by atoms with Gasteiger partial charge in [0.1, 0.15) is 0 Å². The zero-order valence-electron chi connectivity index (χ0n) is 8.83. The van der Waals surface area contributed by atoms with Gasteiger partial charge in [-0.3, -0.25) is 0 Å². The Morgan fingerprint density at radius 1 is 1.23 bits per heavy atom. The SMILES string of the molecule is COCCN1C[C@H]2C[C@@H](C)C[C@H]2C1. The normalized spacial score (nSPS) is 39.7. The summed E-state index contributed by atoms with van der Waals surface area (Å²) in [6, 6.07) is 0. The molecule has 2 heteroatoms. The lowest BCUT2D eigenvalue weighted by molar-refractivity contribution is 0.155. The molecule has 1 aliphatic carbocycles. The first-order valence-electron chi connectivity index (χ1n) is 5.51. The van der Waals surface area contributed by atoms with Crippen LogP contribution in [0.2, 0.25) is 0 Å². The van der Waals surface area contributed by atoms with Gasteiger partial charge in [-0.15, -0.1) is 0 Å². The predicted molar refractivity (Wildman–Crippen MR) is 53.7 cm³/mol. The number of nitrogens with zero attached hydrogens (tertiary/aromatic N) is 1. The molecule has 1 aliphatic heterocycles. The number of hydrogen-bond acceptors (Lipinski definition) is 2. The van der Waals surface area contributed by atoms with E-state index in [-0.39, 0.29) is 0 Å². The highest BCUT2D eigenvalue weighted by atomic mass is 16.5. The molecule has 0 unspecified atom stereocenters. The largest absolute Gasteiger partial charge is 0.383 e. The van der Waals surface area contributed by atoms with Gasteiger partial charge in [-0.05, 0) is 30.6 Å². The molecule has 0 aromatic rings. The average Bonchev–Trinajstić information content (AvgIpc) is 2.57. The maximum atomic E-state index is 5.11. The van der Waals surface area contributed by atoms with Crippen LogP contribution < -0.4 is 0 Å². The fourth-order valence-electron chi connectivity index (χ4n) is 3.10. The molecule has 1 saturated carbocycles. The maximum Gasteiger partial charge on any atom is 0.0589 e. The highest BCUT2D eigenvalue weighted by molar-refractivity contribution is 4.90. The summed E-state index contributed by atoms with van der Waals surface area (Å²) in [5.74, 6) is 3.00. The third-order valence-electron chi connectivity index (χ3n) is 3.67. The Bertz CT molecular complexity index is 157. The first-order chi connectivity index (χ1) is 6.29. The van der Waals surface area contributed by atoms with Crippen LogP contribution in [0.15, 0.2) is 0 Å². The number of likely N-dealkylation sites (tertiary alicyclic amines) is 1. The number of fused-ring (bicyclic) bond motifs is 1. The van der Waals surface area contributed by atoms with Crippen LogP contribution >= 0.6 is 0 Å². The Hall–Kier alpha value is -0.0800. The van der Waals surface area contributed by atoms with E-state index in [1.54, 1.807) is 7.11 Å². The van der Waals surface area contributed by atoms with Gasteiger partial charge in [0.25, 0.3) is 0 Å². The summed E-state index contributed by atoms with van der Waals surface area (Å²) in [5.41, 5.74) is 0. The zero-order chi connectivity index (χ0) is 9.26. The molecule has 0 N–H and O–H groups in total. The molecule has 0 aromatic heterocycles. The lowest BCUT2D eigenvalue weighted by atomic mass is 10.0. The van der Waals surface area contributed by atoms with Gasteiger partial charge in [0.15, 0.2) is 0 Å². The topological polar surface area (TPSA) is 12.5 Å². The van der Waals surface area contributed by atoms with Gasteiger partial charge in [0.2, 0.25) is 0 Å². The van der Waals surface area contributed by atoms with Crippen molar-refractivity contribution in [1.82, 2.24) is 4.90 Å². The van der Waals surface area contributed by atoms with Crippen molar-refractivity contribution in [2.45, 2.75) is 19.8 Å². The molecule has 0 spiro atoms. The first-order valence-corrected chi connectivity index (χ1v) is 5.51. The molecule has 2 rings (SSSR count). The number of hydrogen-bond donors (Lipinski definition) is 0. The highest BCUT2D eigenvalue weighted by Gasteiger charge is 2.38. The van der Waals surface area contributed by atoms with Gasteiger partial charge in [0.05, 0.1) is 6.61 Å². The second-order valence-electron chi connectivity index (χ2n) is 4.85.